The summed E-state index contributed by atoms with van der Waals surface area (Å²) in [6.45, 7) is 1.67. The topological polar surface area (TPSA) is 28.4 Å². The lowest BCUT2D eigenvalue weighted by Gasteiger charge is -2.14. The first kappa shape index (κ1) is 11.0. The molecule has 0 spiro atoms. The molecule has 0 aliphatic rings. The van der Waals surface area contributed by atoms with E-state index in [-0.39, 0.29) is 5.82 Å². The number of hydrogen-bond donors (Lipinski definition) is 1. The molecule has 0 amide bonds. The van der Waals surface area contributed by atoms with Crippen LogP contribution in [0.15, 0.2) is 28.7 Å². The molecule has 1 heterocycles. The summed E-state index contributed by atoms with van der Waals surface area (Å²) in [5.41, 5.74) is 0.328. The SMILES string of the molecule is CNCCN(C)c1cc2cccc(F)c2o1. The minimum Gasteiger partial charge on any atom is -0.437 e. The summed E-state index contributed by atoms with van der Waals surface area (Å²) >= 11 is 0. The standard InChI is InChI=1S/C12H15FN2O/c1-14-6-7-15(2)11-8-9-4-3-5-10(13)12(9)16-11/h3-5,8,14H,6-7H2,1-2H3. The van der Waals surface area contributed by atoms with Crippen molar-refractivity contribution in [1.82, 2.24) is 5.32 Å². The molecule has 16 heavy (non-hydrogen) atoms. The van der Waals surface area contributed by atoms with Gasteiger partial charge in [-0.3, -0.25) is 0 Å². The molecule has 2 aromatic rings. The molecule has 0 radical (unpaired) electrons. The third kappa shape index (κ3) is 2.02. The van der Waals surface area contributed by atoms with E-state index in [1.54, 1.807) is 6.07 Å². The molecule has 0 aliphatic carbocycles. The van der Waals surface area contributed by atoms with Crippen LogP contribution in [0.5, 0.6) is 0 Å². The number of fused-ring (bicyclic) bond motifs is 1. The van der Waals surface area contributed by atoms with E-state index < -0.39 is 0 Å². The number of rotatable bonds is 4. The third-order valence-corrected chi connectivity index (χ3v) is 2.56. The summed E-state index contributed by atoms with van der Waals surface area (Å²) in [7, 11) is 3.82. The molecule has 0 unspecified atom stereocenters. The van der Waals surface area contributed by atoms with Crippen LogP contribution in [-0.4, -0.2) is 27.2 Å². The summed E-state index contributed by atoms with van der Waals surface area (Å²) in [6.07, 6.45) is 0. The van der Waals surface area contributed by atoms with Gasteiger partial charge in [0.05, 0.1) is 0 Å². The van der Waals surface area contributed by atoms with Gasteiger partial charge in [-0.15, -0.1) is 0 Å². The molecule has 0 saturated carbocycles. The van der Waals surface area contributed by atoms with E-state index in [0.717, 1.165) is 18.5 Å². The highest BCUT2D eigenvalue weighted by molar-refractivity contribution is 5.81. The van der Waals surface area contributed by atoms with Crippen LogP contribution < -0.4 is 10.2 Å². The number of benzene rings is 1. The molecular formula is C12H15FN2O. The predicted octanol–water partition coefficient (Wildman–Crippen LogP) is 2.23. The highest BCUT2D eigenvalue weighted by Gasteiger charge is 2.10. The summed E-state index contributed by atoms with van der Waals surface area (Å²) in [4.78, 5) is 1.95. The minimum atomic E-state index is -0.314. The smallest absolute Gasteiger partial charge is 0.196 e. The molecule has 86 valence electrons. The van der Waals surface area contributed by atoms with E-state index >= 15 is 0 Å². The van der Waals surface area contributed by atoms with Gasteiger partial charge in [0, 0.05) is 31.6 Å². The van der Waals surface area contributed by atoms with Crippen molar-refractivity contribution < 1.29 is 8.81 Å². The van der Waals surface area contributed by atoms with Crippen LogP contribution >= 0.6 is 0 Å². The molecular weight excluding hydrogens is 207 g/mol. The van der Waals surface area contributed by atoms with E-state index in [4.69, 9.17) is 4.42 Å². The second-order valence-corrected chi connectivity index (χ2v) is 3.77. The van der Waals surface area contributed by atoms with Crippen molar-refractivity contribution in [3.63, 3.8) is 0 Å². The molecule has 0 aliphatic heterocycles. The predicted molar refractivity (Wildman–Crippen MR) is 63.4 cm³/mol. The monoisotopic (exact) mass is 222 g/mol. The summed E-state index contributed by atoms with van der Waals surface area (Å²) in [5.74, 6) is 0.376. The molecule has 0 atom stereocenters. The van der Waals surface area contributed by atoms with E-state index in [0.29, 0.717) is 11.5 Å². The first-order valence-corrected chi connectivity index (χ1v) is 5.26. The molecule has 0 fully saturated rings. The first-order valence-electron chi connectivity index (χ1n) is 5.26. The largest absolute Gasteiger partial charge is 0.437 e. The normalized spacial score (nSPS) is 10.9. The maximum Gasteiger partial charge on any atom is 0.196 e. The molecule has 4 heteroatoms. The number of nitrogens with zero attached hydrogens (tertiary/aromatic N) is 1. The van der Waals surface area contributed by atoms with E-state index in [9.17, 15) is 4.39 Å². The zero-order chi connectivity index (χ0) is 11.5. The van der Waals surface area contributed by atoms with Crippen LogP contribution in [-0.2, 0) is 0 Å². The number of furan rings is 1. The van der Waals surface area contributed by atoms with Gasteiger partial charge in [0.15, 0.2) is 17.3 Å². The maximum atomic E-state index is 13.4. The van der Waals surface area contributed by atoms with Crippen LogP contribution in [0.2, 0.25) is 0 Å². The van der Waals surface area contributed by atoms with Gasteiger partial charge in [-0.25, -0.2) is 4.39 Å². The van der Waals surface area contributed by atoms with Gasteiger partial charge in [0.1, 0.15) is 0 Å². The van der Waals surface area contributed by atoms with E-state index in [1.165, 1.54) is 6.07 Å². The Balaban J connectivity index is 2.29. The van der Waals surface area contributed by atoms with Crippen molar-refractivity contribution in [2.45, 2.75) is 0 Å². The lowest BCUT2D eigenvalue weighted by molar-refractivity contribution is 0.551. The highest BCUT2D eigenvalue weighted by Crippen LogP contribution is 2.26. The van der Waals surface area contributed by atoms with Crippen LogP contribution in [0.1, 0.15) is 0 Å². The van der Waals surface area contributed by atoms with E-state index in [2.05, 4.69) is 5.32 Å². The zero-order valence-corrected chi connectivity index (χ0v) is 9.46. The van der Waals surface area contributed by atoms with Crippen molar-refractivity contribution in [1.29, 1.82) is 0 Å². The van der Waals surface area contributed by atoms with Crippen molar-refractivity contribution in [2.75, 3.05) is 32.1 Å². The van der Waals surface area contributed by atoms with Gasteiger partial charge < -0.3 is 14.6 Å². The Morgan fingerprint density at radius 3 is 2.94 bits per heavy atom. The fourth-order valence-electron chi connectivity index (χ4n) is 1.59. The number of para-hydroxylation sites is 1. The highest BCUT2D eigenvalue weighted by atomic mass is 19.1. The quantitative estimate of drug-likeness (QED) is 0.859. The van der Waals surface area contributed by atoms with Gasteiger partial charge in [-0.05, 0) is 13.1 Å². The van der Waals surface area contributed by atoms with Crippen molar-refractivity contribution in [3.05, 3.63) is 30.1 Å². The Morgan fingerprint density at radius 2 is 2.25 bits per heavy atom. The van der Waals surface area contributed by atoms with Gasteiger partial charge in [0.2, 0.25) is 0 Å². The van der Waals surface area contributed by atoms with Gasteiger partial charge >= 0.3 is 0 Å². The van der Waals surface area contributed by atoms with Crippen LogP contribution in [0.3, 0.4) is 0 Å². The lowest BCUT2D eigenvalue weighted by Crippen LogP contribution is -2.26. The van der Waals surface area contributed by atoms with Gasteiger partial charge in [0.25, 0.3) is 0 Å². The fraction of sp³-hybridized carbons (Fsp3) is 0.333. The second-order valence-electron chi connectivity index (χ2n) is 3.77. The Morgan fingerprint density at radius 1 is 1.44 bits per heavy atom. The number of halogens is 1. The average Bonchev–Trinajstić information content (AvgIpc) is 2.71. The molecule has 0 saturated heterocycles. The Bertz CT molecular complexity index is 481. The molecule has 0 bridgehead atoms. The molecule has 3 nitrogen and oxygen atoms in total. The average molecular weight is 222 g/mol. The maximum absolute atomic E-state index is 13.4. The molecule has 2 rings (SSSR count). The zero-order valence-electron chi connectivity index (χ0n) is 9.46. The van der Waals surface area contributed by atoms with Crippen molar-refractivity contribution in [2.24, 2.45) is 0 Å². The second kappa shape index (κ2) is 4.53. The summed E-state index contributed by atoms with van der Waals surface area (Å²) < 4.78 is 18.9. The molecule has 1 N–H and O–H groups in total. The summed E-state index contributed by atoms with van der Waals surface area (Å²) in [6, 6.07) is 6.79. The number of anilines is 1. The van der Waals surface area contributed by atoms with E-state index in [1.807, 2.05) is 31.1 Å². The number of hydrogen-bond acceptors (Lipinski definition) is 3. The van der Waals surface area contributed by atoms with Crippen LogP contribution in [0, 0.1) is 5.82 Å². The molecule has 1 aromatic carbocycles. The van der Waals surface area contributed by atoms with Gasteiger partial charge in [-0.2, -0.15) is 0 Å². The first-order chi connectivity index (χ1) is 7.72. The Kier molecular flexibility index (Phi) is 3.10. The molecule has 1 aromatic heterocycles. The summed E-state index contributed by atoms with van der Waals surface area (Å²) in [5, 5.41) is 3.85. The third-order valence-electron chi connectivity index (χ3n) is 2.56. The fourth-order valence-corrected chi connectivity index (χ4v) is 1.59. The van der Waals surface area contributed by atoms with Crippen molar-refractivity contribution >= 4 is 16.9 Å². The number of likely N-dealkylation sites (N-methyl/N-ethyl adjacent to an activating group) is 2. The number of nitrogens with one attached hydrogen (secondary N) is 1. The van der Waals surface area contributed by atoms with Crippen LogP contribution in [0.4, 0.5) is 10.3 Å². The lowest BCUT2D eigenvalue weighted by atomic mass is 10.2. The Hall–Kier alpha value is -1.55. The van der Waals surface area contributed by atoms with Crippen molar-refractivity contribution in [3.8, 4) is 0 Å². The van der Waals surface area contributed by atoms with Gasteiger partial charge in [-0.1, -0.05) is 12.1 Å². The van der Waals surface area contributed by atoms with Crippen LogP contribution in [0.25, 0.3) is 11.0 Å². The minimum absolute atomic E-state index is 0.314. The Labute approximate surface area is 93.8 Å².